The van der Waals surface area contributed by atoms with Crippen LogP contribution in [0.5, 0.6) is 0 Å². The molecule has 1 fully saturated rings. The van der Waals surface area contributed by atoms with Crippen LogP contribution in [-0.4, -0.2) is 14.5 Å². The molecule has 0 radical (unpaired) electrons. The maximum Gasteiger partial charge on any atom is 0.240 e. The van der Waals surface area contributed by atoms with E-state index in [1.807, 2.05) is 6.92 Å². The van der Waals surface area contributed by atoms with E-state index in [4.69, 9.17) is 0 Å². The van der Waals surface area contributed by atoms with Crippen molar-refractivity contribution in [2.24, 2.45) is 11.8 Å². The molecule has 1 N–H and O–H groups in total. The van der Waals surface area contributed by atoms with Crippen molar-refractivity contribution >= 4 is 26.0 Å². The van der Waals surface area contributed by atoms with E-state index in [9.17, 15) is 8.42 Å². The Labute approximate surface area is 130 Å². The van der Waals surface area contributed by atoms with Gasteiger partial charge in [0, 0.05) is 10.5 Å². The summed E-state index contributed by atoms with van der Waals surface area (Å²) < 4.78 is 28.6. The average molecular weight is 360 g/mol. The minimum atomic E-state index is -3.41. The van der Waals surface area contributed by atoms with Crippen molar-refractivity contribution in [3.8, 4) is 0 Å². The molecule has 1 aliphatic carbocycles. The molecule has 1 aromatic rings. The first kappa shape index (κ1) is 16.0. The zero-order valence-corrected chi connectivity index (χ0v) is 14.6. The lowest BCUT2D eigenvalue weighted by molar-refractivity contribution is 0.242. The molecule has 0 aromatic heterocycles. The average Bonchev–Trinajstić information content (AvgIpc) is 2.37. The molecule has 3 unspecified atom stereocenters. The molecule has 0 amide bonds. The molecule has 0 aliphatic heterocycles. The van der Waals surface area contributed by atoms with E-state index in [-0.39, 0.29) is 6.04 Å². The molecular formula is C15H22BrNO2S. The minimum Gasteiger partial charge on any atom is -0.208 e. The van der Waals surface area contributed by atoms with Gasteiger partial charge in [-0.3, -0.25) is 0 Å². The highest BCUT2D eigenvalue weighted by atomic mass is 79.9. The number of hydrogen-bond donors (Lipinski definition) is 1. The number of hydrogen-bond acceptors (Lipinski definition) is 2. The monoisotopic (exact) mass is 359 g/mol. The molecule has 1 aromatic carbocycles. The van der Waals surface area contributed by atoms with Gasteiger partial charge in [0.25, 0.3) is 0 Å². The maximum atomic E-state index is 12.4. The zero-order chi connectivity index (χ0) is 14.9. The van der Waals surface area contributed by atoms with Gasteiger partial charge >= 0.3 is 0 Å². The number of benzene rings is 1. The standard InChI is InChI=1S/C15H22BrNO2S/c1-10-4-5-13(8-11(10)2)17-20(18,19)14-6-7-15(16)12(3)9-14/h6-7,9-11,13,17H,4-5,8H2,1-3H3. The molecule has 5 heteroatoms. The SMILES string of the molecule is Cc1cc(S(=O)(=O)NC2CCC(C)C(C)C2)ccc1Br. The lowest BCUT2D eigenvalue weighted by Crippen LogP contribution is -2.39. The van der Waals surface area contributed by atoms with E-state index >= 15 is 0 Å². The summed E-state index contributed by atoms with van der Waals surface area (Å²) in [5.41, 5.74) is 0.929. The largest absolute Gasteiger partial charge is 0.240 e. The second kappa shape index (κ2) is 6.16. The van der Waals surface area contributed by atoms with Gasteiger partial charge in [0.2, 0.25) is 10.0 Å². The molecule has 0 bridgehead atoms. The topological polar surface area (TPSA) is 46.2 Å². The van der Waals surface area contributed by atoms with E-state index in [0.717, 1.165) is 29.3 Å². The molecule has 1 saturated carbocycles. The predicted molar refractivity (Wildman–Crippen MR) is 85.2 cm³/mol. The van der Waals surface area contributed by atoms with Crippen molar-refractivity contribution < 1.29 is 8.42 Å². The van der Waals surface area contributed by atoms with Crippen molar-refractivity contribution in [2.45, 2.75) is 51.0 Å². The molecule has 112 valence electrons. The van der Waals surface area contributed by atoms with Gasteiger partial charge in [-0.05, 0) is 61.8 Å². The van der Waals surface area contributed by atoms with Crippen molar-refractivity contribution in [3.05, 3.63) is 28.2 Å². The van der Waals surface area contributed by atoms with Crippen LogP contribution in [-0.2, 0) is 10.0 Å². The Kier molecular flexibility index (Phi) is 4.92. The number of nitrogens with one attached hydrogen (secondary N) is 1. The summed E-state index contributed by atoms with van der Waals surface area (Å²) in [7, 11) is -3.41. The number of rotatable bonds is 3. The molecule has 0 heterocycles. The third-order valence-electron chi connectivity index (χ3n) is 4.36. The molecule has 3 nitrogen and oxygen atoms in total. The van der Waals surface area contributed by atoms with Crippen LogP contribution in [0.4, 0.5) is 0 Å². The Bertz CT molecular complexity index is 586. The summed E-state index contributed by atoms with van der Waals surface area (Å²) in [6, 6.07) is 5.21. The van der Waals surface area contributed by atoms with E-state index in [0.29, 0.717) is 16.7 Å². The van der Waals surface area contributed by atoms with Gasteiger partial charge in [-0.2, -0.15) is 0 Å². The summed E-state index contributed by atoms with van der Waals surface area (Å²) in [4.78, 5) is 0.351. The van der Waals surface area contributed by atoms with Crippen LogP contribution in [0.25, 0.3) is 0 Å². The first-order chi connectivity index (χ1) is 9.29. The highest BCUT2D eigenvalue weighted by molar-refractivity contribution is 9.10. The van der Waals surface area contributed by atoms with Crippen LogP contribution in [0, 0.1) is 18.8 Å². The van der Waals surface area contributed by atoms with Crippen molar-refractivity contribution in [1.29, 1.82) is 0 Å². The number of halogens is 1. The second-order valence-electron chi connectivity index (χ2n) is 6.00. The smallest absolute Gasteiger partial charge is 0.208 e. The molecule has 0 spiro atoms. The molecule has 2 rings (SSSR count). The molecule has 1 aliphatic rings. The highest BCUT2D eigenvalue weighted by Crippen LogP contribution is 2.30. The van der Waals surface area contributed by atoms with Crippen LogP contribution in [0.1, 0.15) is 38.7 Å². The predicted octanol–water partition coefficient (Wildman–Crippen LogP) is 3.86. The van der Waals surface area contributed by atoms with Gasteiger partial charge < -0.3 is 0 Å². The van der Waals surface area contributed by atoms with E-state index < -0.39 is 10.0 Å². The second-order valence-corrected chi connectivity index (χ2v) is 8.57. The minimum absolute atomic E-state index is 0.0650. The molecule has 20 heavy (non-hydrogen) atoms. The number of aryl methyl sites for hydroxylation is 1. The first-order valence-corrected chi connectivity index (χ1v) is 9.35. The summed E-state index contributed by atoms with van der Waals surface area (Å²) in [6.07, 6.45) is 2.95. The quantitative estimate of drug-likeness (QED) is 0.890. The van der Waals surface area contributed by atoms with Gasteiger partial charge in [-0.25, -0.2) is 13.1 Å². The summed E-state index contributed by atoms with van der Waals surface area (Å²) in [5, 5.41) is 0. The van der Waals surface area contributed by atoms with E-state index in [1.54, 1.807) is 18.2 Å². The molecular weight excluding hydrogens is 338 g/mol. The van der Waals surface area contributed by atoms with Crippen LogP contribution in [0.2, 0.25) is 0 Å². The van der Waals surface area contributed by atoms with Gasteiger partial charge in [0.05, 0.1) is 4.90 Å². The van der Waals surface area contributed by atoms with Crippen molar-refractivity contribution in [1.82, 2.24) is 4.72 Å². The molecule has 3 atom stereocenters. The Morgan fingerprint density at radius 1 is 1.20 bits per heavy atom. The third-order valence-corrected chi connectivity index (χ3v) is 6.77. The summed E-state index contributed by atoms with van der Waals surface area (Å²) >= 11 is 3.39. The van der Waals surface area contributed by atoms with E-state index in [2.05, 4.69) is 34.5 Å². The highest BCUT2D eigenvalue weighted by Gasteiger charge is 2.28. The van der Waals surface area contributed by atoms with Gasteiger partial charge in [-0.1, -0.05) is 29.8 Å². The first-order valence-electron chi connectivity index (χ1n) is 7.08. The Hall–Kier alpha value is -0.390. The fourth-order valence-corrected chi connectivity index (χ4v) is 4.34. The summed E-state index contributed by atoms with van der Waals surface area (Å²) in [6.45, 7) is 6.34. The van der Waals surface area contributed by atoms with Crippen LogP contribution < -0.4 is 4.72 Å². The lowest BCUT2D eigenvalue weighted by Gasteiger charge is -2.32. The Balaban J connectivity index is 2.13. The molecule has 0 saturated heterocycles. The third kappa shape index (κ3) is 3.62. The van der Waals surface area contributed by atoms with Gasteiger partial charge in [0.1, 0.15) is 0 Å². The fourth-order valence-electron chi connectivity index (χ4n) is 2.73. The summed E-state index contributed by atoms with van der Waals surface area (Å²) in [5.74, 6) is 1.26. The lowest BCUT2D eigenvalue weighted by atomic mass is 9.79. The normalized spacial score (nSPS) is 27.5. The van der Waals surface area contributed by atoms with Crippen LogP contribution in [0.15, 0.2) is 27.6 Å². The fraction of sp³-hybridized carbons (Fsp3) is 0.600. The van der Waals surface area contributed by atoms with Crippen LogP contribution >= 0.6 is 15.9 Å². The van der Waals surface area contributed by atoms with Crippen molar-refractivity contribution in [2.75, 3.05) is 0 Å². The van der Waals surface area contributed by atoms with Crippen molar-refractivity contribution in [3.63, 3.8) is 0 Å². The number of sulfonamides is 1. The van der Waals surface area contributed by atoms with Gasteiger partial charge in [-0.15, -0.1) is 0 Å². The maximum absolute atomic E-state index is 12.4. The Morgan fingerprint density at radius 2 is 1.90 bits per heavy atom. The van der Waals surface area contributed by atoms with Crippen LogP contribution in [0.3, 0.4) is 0 Å². The van der Waals surface area contributed by atoms with E-state index in [1.165, 1.54) is 0 Å². The Morgan fingerprint density at radius 3 is 2.50 bits per heavy atom. The zero-order valence-electron chi connectivity index (χ0n) is 12.2. The van der Waals surface area contributed by atoms with Gasteiger partial charge in [0.15, 0.2) is 0 Å².